The minimum atomic E-state index is -0.155. The summed E-state index contributed by atoms with van der Waals surface area (Å²) in [5.74, 6) is 1.11. The summed E-state index contributed by atoms with van der Waals surface area (Å²) < 4.78 is 11.7. The second-order valence-electron chi connectivity index (χ2n) is 5.58. The zero-order valence-corrected chi connectivity index (χ0v) is 16.0. The lowest BCUT2D eigenvalue weighted by Gasteiger charge is -2.19. The first-order chi connectivity index (χ1) is 11.9. The van der Waals surface area contributed by atoms with Gasteiger partial charge in [-0.3, -0.25) is 9.59 Å². The number of methoxy groups -OCH3 is 1. The quantitative estimate of drug-likeness (QED) is 0.659. The van der Waals surface area contributed by atoms with Crippen LogP contribution in [-0.2, 0) is 11.3 Å². The summed E-state index contributed by atoms with van der Waals surface area (Å²) in [5, 5.41) is 0. The van der Waals surface area contributed by atoms with Gasteiger partial charge in [-0.1, -0.05) is 15.9 Å². The molecule has 0 aliphatic heterocycles. The second-order valence-corrected chi connectivity index (χ2v) is 6.49. The Bertz CT molecular complexity index is 759. The van der Waals surface area contributed by atoms with Crippen LogP contribution in [0.25, 0.3) is 0 Å². The predicted molar refractivity (Wildman–Crippen MR) is 99.1 cm³/mol. The van der Waals surface area contributed by atoms with Gasteiger partial charge in [0.2, 0.25) is 0 Å². The lowest BCUT2D eigenvalue weighted by molar-refractivity contribution is -0.132. The number of benzene rings is 2. The van der Waals surface area contributed by atoms with Crippen LogP contribution < -0.4 is 9.47 Å². The number of carbonyl (C=O) groups excluding carboxylic acids is 2. The van der Waals surface area contributed by atoms with Gasteiger partial charge in [-0.25, -0.2) is 0 Å². The molecule has 0 saturated carbocycles. The molecule has 0 spiro atoms. The SMILES string of the molecule is COc1ccc(Br)cc1CN(C)C(=O)COc1ccc(C(C)=O)cc1. The first kappa shape index (κ1) is 19.0. The molecule has 0 aromatic heterocycles. The van der Waals surface area contributed by atoms with Crippen LogP contribution in [0.15, 0.2) is 46.9 Å². The molecule has 2 aromatic carbocycles. The molecule has 0 saturated heterocycles. The Kier molecular flexibility index (Phi) is 6.58. The average molecular weight is 406 g/mol. The van der Waals surface area contributed by atoms with Crippen molar-refractivity contribution >= 4 is 27.6 Å². The maximum Gasteiger partial charge on any atom is 0.260 e. The third-order valence-corrected chi connectivity index (χ3v) is 4.19. The molecule has 0 aliphatic carbocycles. The van der Waals surface area contributed by atoms with Crippen LogP contribution in [0.4, 0.5) is 0 Å². The van der Waals surface area contributed by atoms with E-state index >= 15 is 0 Å². The minimum absolute atomic E-state index is 0.00895. The fourth-order valence-corrected chi connectivity index (χ4v) is 2.66. The van der Waals surface area contributed by atoms with Gasteiger partial charge in [0.1, 0.15) is 11.5 Å². The number of rotatable bonds is 7. The number of carbonyl (C=O) groups is 2. The molecule has 2 rings (SSSR count). The Morgan fingerprint density at radius 2 is 1.80 bits per heavy atom. The number of ketones is 1. The lowest BCUT2D eigenvalue weighted by atomic mass is 10.1. The highest BCUT2D eigenvalue weighted by Crippen LogP contribution is 2.24. The highest BCUT2D eigenvalue weighted by Gasteiger charge is 2.13. The average Bonchev–Trinajstić information content (AvgIpc) is 2.60. The van der Waals surface area contributed by atoms with E-state index in [1.807, 2.05) is 18.2 Å². The van der Waals surface area contributed by atoms with Crippen LogP contribution in [0.3, 0.4) is 0 Å². The van der Waals surface area contributed by atoms with Gasteiger partial charge in [0.05, 0.1) is 7.11 Å². The molecule has 0 heterocycles. The molecular weight excluding hydrogens is 386 g/mol. The van der Waals surface area contributed by atoms with Crippen LogP contribution in [0.5, 0.6) is 11.5 Å². The van der Waals surface area contributed by atoms with Crippen molar-refractivity contribution in [3.05, 3.63) is 58.1 Å². The van der Waals surface area contributed by atoms with Gasteiger partial charge in [0, 0.05) is 29.2 Å². The van der Waals surface area contributed by atoms with E-state index in [0.717, 1.165) is 15.8 Å². The van der Waals surface area contributed by atoms with Gasteiger partial charge in [-0.15, -0.1) is 0 Å². The molecule has 6 heteroatoms. The Morgan fingerprint density at radius 1 is 1.12 bits per heavy atom. The van der Waals surface area contributed by atoms with Gasteiger partial charge in [-0.05, 0) is 49.4 Å². The van der Waals surface area contributed by atoms with Crippen molar-refractivity contribution in [2.24, 2.45) is 0 Å². The monoisotopic (exact) mass is 405 g/mol. The van der Waals surface area contributed by atoms with Crippen molar-refractivity contribution in [3.8, 4) is 11.5 Å². The topological polar surface area (TPSA) is 55.8 Å². The number of hydrogen-bond acceptors (Lipinski definition) is 4. The smallest absolute Gasteiger partial charge is 0.260 e. The molecule has 5 nitrogen and oxygen atoms in total. The summed E-state index contributed by atoms with van der Waals surface area (Å²) in [5.41, 5.74) is 1.51. The lowest BCUT2D eigenvalue weighted by Crippen LogP contribution is -2.31. The molecule has 0 N–H and O–H groups in total. The summed E-state index contributed by atoms with van der Waals surface area (Å²) in [4.78, 5) is 25.1. The molecule has 0 unspecified atom stereocenters. The number of hydrogen-bond donors (Lipinski definition) is 0. The van der Waals surface area contributed by atoms with Crippen LogP contribution in [0.2, 0.25) is 0 Å². The van der Waals surface area contributed by atoms with E-state index in [0.29, 0.717) is 17.9 Å². The van der Waals surface area contributed by atoms with E-state index in [2.05, 4.69) is 15.9 Å². The van der Waals surface area contributed by atoms with Crippen LogP contribution >= 0.6 is 15.9 Å². The number of likely N-dealkylation sites (N-methyl/N-ethyl adjacent to an activating group) is 1. The molecule has 0 radical (unpaired) electrons. The van der Waals surface area contributed by atoms with Crippen molar-refractivity contribution in [2.75, 3.05) is 20.8 Å². The van der Waals surface area contributed by atoms with Crippen molar-refractivity contribution in [2.45, 2.75) is 13.5 Å². The number of Topliss-reactive ketones (excluding diaryl/α,β-unsaturated/α-hetero) is 1. The summed E-state index contributed by atoms with van der Waals surface area (Å²) in [7, 11) is 3.31. The molecule has 0 aliphatic rings. The van der Waals surface area contributed by atoms with E-state index in [1.54, 1.807) is 43.3 Å². The minimum Gasteiger partial charge on any atom is -0.496 e. The van der Waals surface area contributed by atoms with Crippen LogP contribution in [0, 0.1) is 0 Å². The van der Waals surface area contributed by atoms with Gasteiger partial charge < -0.3 is 14.4 Å². The van der Waals surface area contributed by atoms with E-state index < -0.39 is 0 Å². The van der Waals surface area contributed by atoms with Gasteiger partial charge in [0.25, 0.3) is 5.91 Å². The highest BCUT2D eigenvalue weighted by atomic mass is 79.9. The van der Waals surface area contributed by atoms with Gasteiger partial charge in [-0.2, -0.15) is 0 Å². The third kappa shape index (κ3) is 5.32. The van der Waals surface area contributed by atoms with E-state index in [1.165, 1.54) is 6.92 Å². The molecule has 1 amide bonds. The number of ether oxygens (including phenoxy) is 2. The van der Waals surface area contributed by atoms with E-state index in [-0.39, 0.29) is 18.3 Å². The first-order valence-corrected chi connectivity index (χ1v) is 8.50. The number of amides is 1. The summed E-state index contributed by atoms with van der Waals surface area (Å²) in [6, 6.07) is 12.4. The van der Waals surface area contributed by atoms with Crippen molar-refractivity contribution in [3.63, 3.8) is 0 Å². The summed E-state index contributed by atoms with van der Waals surface area (Å²) in [6.45, 7) is 1.84. The molecule has 0 fully saturated rings. The van der Waals surface area contributed by atoms with Crippen molar-refractivity contribution in [1.82, 2.24) is 4.90 Å². The third-order valence-electron chi connectivity index (χ3n) is 3.70. The summed E-state index contributed by atoms with van der Waals surface area (Å²) in [6.07, 6.45) is 0. The maximum absolute atomic E-state index is 12.3. The fraction of sp³-hybridized carbons (Fsp3) is 0.263. The largest absolute Gasteiger partial charge is 0.496 e. The van der Waals surface area contributed by atoms with Crippen molar-refractivity contribution in [1.29, 1.82) is 0 Å². The fourth-order valence-electron chi connectivity index (χ4n) is 2.26. The second kappa shape index (κ2) is 8.67. The predicted octanol–water partition coefficient (Wildman–Crippen LogP) is 3.70. The zero-order valence-electron chi connectivity index (χ0n) is 14.4. The van der Waals surface area contributed by atoms with Crippen molar-refractivity contribution < 1.29 is 19.1 Å². The molecule has 0 atom stereocenters. The number of halogens is 1. The molecule has 25 heavy (non-hydrogen) atoms. The van der Waals surface area contributed by atoms with Crippen LogP contribution in [0.1, 0.15) is 22.8 Å². The first-order valence-electron chi connectivity index (χ1n) is 7.71. The Balaban J connectivity index is 1.94. The molecule has 0 bridgehead atoms. The summed E-state index contributed by atoms with van der Waals surface area (Å²) >= 11 is 3.42. The van der Waals surface area contributed by atoms with Gasteiger partial charge in [0.15, 0.2) is 12.4 Å². The van der Waals surface area contributed by atoms with E-state index in [4.69, 9.17) is 9.47 Å². The van der Waals surface area contributed by atoms with Gasteiger partial charge >= 0.3 is 0 Å². The standard InChI is InChI=1S/C19H20BrNO4/c1-13(22)14-4-7-17(8-5-14)25-12-19(23)21(2)11-15-10-16(20)6-9-18(15)24-3/h4-10H,11-12H2,1-3H3. The molecule has 2 aromatic rings. The van der Waals surface area contributed by atoms with E-state index in [9.17, 15) is 9.59 Å². The Labute approximate surface area is 155 Å². The zero-order chi connectivity index (χ0) is 18.4. The maximum atomic E-state index is 12.3. The normalized spacial score (nSPS) is 10.2. The Morgan fingerprint density at radius 3 is 2.40 bits per heavy atom. The highest BCUT2D eigenvalue weighted by molar-refractivity contribution is 9.10. The Hall–Kier alpha value is -2.34. The van der Waals surface area contributed by atoms with Crippen LogP contribution in [-0.4, -0.2) is 37.4 Å². The molecular formula is C19H20BrNO4. The molecule has 132 valence electrons. The number of nitrogens with zero attached hydrogens (tertiary/aromatic N) is 1.